The van der Waals surface area contributed by atoms with Gasteiger partial charge in [-0.15, -0.1) is 0 Å². The summed E-state index contributed by atoms with van der Waals surface area (Å²) in [4.78, 5) is 10.8. The lowest BCUT2D eigenvalue weighted by molar-refractivity contribution is 0.175. The molecule has 1 N–H and O–H groups in total. The van der Waals surface area contributed by atoms with Gasteiger partial charge < -0.3 is 9.84 Å². The number of hydrogen-bond donors (Lipinski definition) is 1. The maximum Gasteiger partial charge on any atom is 0.281 e. The highest BCUT2D eigenvalue weighted by molar-refractivity contribution is 7.20. The number of aliphatic hydroxyl groups excluding tert-OH is 1. The number of likely N-dealkylation sites (tertiary alicyclic amines) is 1. The zero-order valence-electron chi connectivity index (χ0n) is 12.6. The Bertz CT molecular complexity index is 770. The number of hydrogen-bond acceptors (Lipinski definition) is 6. The van der Waals surface area contributed by atoms with E-state index in [0.29, 0.717) is 5.19 Å². The van der Waals surface area contributed by atoms with Crippen molar-refractivity contribution in [2.24, 2.45) is 0 Å². The van der Waals surface area contributed by atoms with Gasteiger partial charge in [-0.2, -0.15) is 4.98 Å². The highest BCUT2D eigenvalue weighted by Gasteiger charge is 2.19. The number of aliphatic hydroxyl groups is 1. The van der Waals surface area contributed by atoms with E-state index in [9.17, 15) is 5.11 Å². The van der Waals surface area contributed by atoms with Crippen LogP contribution in [-0.2, 0) is 6.54 Å². The number of nitrogens with zero attached hydrogens (tertiary/aromatic N) is 3. The standard InChI is InChI=1S/C17H17N3O2S/c21-13-7-9-20(11-13)10-12-3-5-14(6-4-12)22-17-19-16-15(23-17)2-1-8-18-16/h1-6,8,13,21H,7,9-11H2/t13-/m1/s1. The van der Waals surface area contributed by atoms with E-state index in [-0.39, 0.29) is 6.10 Å². The van der Waals surface area contributed by atoms with Crippen molar-refractivity contribution < 1.29 is 9.84 Å². The van der Waals surface area contributed by atoms with Crippen molar-refractivity contribution in [2.75, 3.05) is 13.1 Å². The summed E-state index contributed by atoms with van der Waals surface area (Å²) in [6.07, 6.45) is 2.42. The smallest absolute Gasteiger partial charge is 0.281 e. The maximum absolute atomic E-state index is 9.57. The summed E-state index contributed by atoms with van der Waals surface area (Å²) in [6.45, 7) is 2.58. The summed E-state index contributed by atoms with van der Waals surface area (Å²) in [5.41, 5.74) is 1.94. The van der Waals surface area contributed by atoms with Crippen molar-refractivity contribution in [1.82, 2.24) is 14.9 Å². The number of thiazole rings is 1. The molecular formula is C17H17N3O2S. The van der Waals surface area contributed by atoms with Crippen LogP contribution >= 0.6 is 11.3 Å². The molecule has 0 bridgehead atoms. The van der Waals surface area contributed by atoms with Crippen molar-refractivity contribution in [2.45, 2.75) is 19.1 Å². The van der Waals surface area contributed by atoms with Crippen LogP contribution in [0.4, 0.5) is 0 Å². The molecule has 2 aromatic heterocycles. The lowest BCUT2D eigenvalue weighted by Gasteiger charge is -2.14. The van der Waals surface area contributed by atoms with Crippen LogP contribution in [0.2, 0.25) is 0 Å². The SMILES string of the molecule is O[C@@H]1CCN(Cc2ccc(Oc3nc4ncccc4s3)cc2)C1. The molecule has 6 heteroatoms. The van der Waals surface area contributed by atoms with Crippen LogP contribution in [0, 0.1) is 0 Å². The highest BCUT2D eigenvalue weighted by atomic mass is 32.1. The third-order valence-electron chi connectivity index (χ3n) is 3.93. The fraction of sp³-hybridized carbons (Fsp3) is 0.294. The van der Waals surface area contributed by atoms with E-state index in [1.54, 1.807) is 6.20 Å². The minimum atomic E-state index is -0.176. The van der Waals surface area contributed by atoms with Crippen LogP contribution in [0.25, 0.3) is 10.3 Å². The monoisotopic (exact) mass is 327 g/mol. The van der Waals surface area contributed by atoms with E-state index in [0.717, 1.165) is 42.2 Å². The molecule has 118 valence electrons. The Morgan fingerprint density at radius 1 is 1.26 bits per heavy atom. The summed E-state index contributed by atoms with van der Waals surface area (Å²) >= 11 is 1.49. The molecule has 3 heterocycles. The molecule has 1 atom stereocenters. The quantitative estimate of drug-likeness (QED) is 0.798. The number of pyridine rings is 1. The highest BCUT2D eigenvalue weighted by Crippen LogP contribution is 2.30. The maximum atomic E-state index is 9.57. The largest absolute Gasteiger partial charge is 0.431 e. The number of ether oxygens (including phenoxy) is 1. The Labute approximate surface area is 138 Å². The molecule has 4 rings (SSSR count). The Hall–Kier alpha value is -2.02. The first-order valence-corrected chi connectivity index (χ1v) is 8.47. The molecule has 0 radical (unpaired) electrons. The zero-order valence-corrected chi connectivity index (χ0v) is 13.4. The normalized spacial score (nSPS) is 18.6. The summed E-state index contributed by atoms with van der Waals surface area (Å²) in [7, 11) is 0. The third-order valence-corrected chi connectivity index (χ3v) is 4.82. The van der Waals surface area contributed by atoms with Crippen molar-refractivity contribution >= 4 is 21.7 Å². The van der Waals surface area contributed by atoms with Crippen LogP contribution in [0.15, 0.2) is 42.6 Å². The number of aromatic nitrogens is 2. The molecule has 0 aliphatic carbocycles. The van der Waals surface area contributed by atoms with Crippen molar-refractivity contribution in [1.29, 1.82) is 0 Å². The summed E-state index contributed by atoms with van der Waals surface area (Å²) in [6, 6.07) is 11.9. The topological polar surface area (TPSA) is 58.5 Å². The molecule has 1 aliphatic rings. The number of rotatable bonds is 4. The van der Waals surface area contributed by atoms with E-state index in [1.165, 1.54) is 16.9 Å². The lowest BCUT2D eigenvalue weighted by atomic mass is 10.2. The van der Waals surface area contributed by atoms with Gasteiger partial charge in [0.25, 0.3) is 5.19 Å². The van der Waals surface area contributed by atoms with Gasteiger partial charge in [-0.05, 0) is 36.2 Å². The van der Waals surface area contributed by atoms with Crippen LogP contribution in [0.3, 0.4) is 0 Å². The van der Waals surface area contributed by atoms with E-state index < -0.39 is 0 Å². The molecule has 5 nitrogen and oxygen atoms in total. The molecule has 1 saturated heterocycles. The first-order chi connectivity index (χ1) is 11.3. The van der Waals surface area contributed by atoms with Gasteiger partial charge in [0.05, 0.1) is 10.8 Å². The molecule has 1 fully saturated rings. The average molecular weight is 327 g/mol. The molecule has 1 aromatic carbocycles. The minimum Gasteiger partial charge on any atom is -0.431 e. The molecular weight excluding hydrogens is 310 g/mol. The van der Waals surface area contributed by atoms with Gasteiger partial charge in [-0.25, -0.2) is 4.98 Å². The Balaban J connectivity index is 1.43. The van der Waals surface area contributed by atoms with Crippen LogP contribution in [-0.4, -0.2) is 39.2 Å². The van der Waals surface area contributed by atoms with Crippen molar-refractivity contribution in [3.8, 4) is 10.9 Å². The third kappa shape index (κ3) is 3.34. The predicted octanol–water partition coefficient (Wildman–Crippen LogP) is 3.05. The molecule has 0 amide bonds. The first kappa shape index (κ1) is 14.6. The Kier molecular flexibility index (Phi) is 3.95. The number of fused-ring (bicyclic) bond motifs is 1. The average Bonchev–Trinajstić information content (AvgIpc) is 3.14. The second-order valence-corrected chi connectivity index (χ2v) is 6.72. The summed E-state index contributed by atoms with van der Waals surface area (Å²) < 4.78 is 6.84. The van der Waals surface area contributed by atoms with Gasteiger partial charge in [-0.3, -0.25) is 4.90 Å². The molecule has 23 heavy (non-hydrogen) atoms. The second-order valence-electron chi connectivity index (χ2n) is 5.73. The van der Waals surface area contributed by atoms with Gasteiger partial charge in [-0.1, -0.05) is 23.5 Å². The van der Waals surface area contributed by atoms with E-state index >= 15 is 0 Å². The van der Waals surface area contributed by atoms with Crippen molar-refractivity contribution in [3.63, 3.8) is 0 Å². The van der Waals surface area contributed by atoms with E-state index in [4.69, 9.17) is 4.74 Å². The summed E-state index contributed by atoms with van der Waals surface area (Å²) in [5, 5.41) is 10.2. The molecule has 0 saturated carbocycles. The van der Waals surface area contributed by atoms with Crippen LogP contribution in [0.1, 0.15) is 12.0 Å². The minimum absolute atomic E-state index is 0.176. The van der Waals surface area contributed by atoms with Gasteiger partial charge in [0.1, 0.15) is 5.75 Å². The van der Waals surface area contributed by atoms with Crippen LogP contribution in [0.5, 0.6) is 10.9 Å². The predicted molar refractivity (Wildman–Crippen MR) is 89.8 cm³/mol. The summed E-state index contributed by atoms with van der Waals surface area (Å²) in [5.74, 6) is 0.772. The van der Waals surface area contributed by atoms with Crippen LogP contribution < -0.4 is 4.74 Å². The number of benzene rings is 1. The zero-order chi connectivity index (χ0) is 15.6. The molecule has 1 aliphatic heterocycles. The van der Waals surface area contributed by atoms with Gasteiger partial charge in [0.2, 0.25) is 0 Å². The Morgan fingerprint density at radius 3 is 2.87 bits per heavy atom. The lowest BCUT2D eigenvalue weighted by Crippen LogP contribution is -2.21. The Morgan fingerprint density at radius 2 is 2.13 bits per heavy atom. The van der Waals surface area contributed by atoms with Crippen molar-refractivity contribution in [3.05, 3.63) is 48.2 Å². The van der Waals surface area contributed by atoms with E-state index in [1.807, 2.05) is 24.3 Å². The van der Waals surface area contributed by atoms with E-state index in [2.05, 4.69) is 27.0 Å². The van der Waals surface area contributed by atoms with Gasteiger partial charge in [0, 0.05) is 25.8 Å². The first-order valence-electron chi connectivity index (χ1n) is 7.65. The molecule has 3 aromatic rings. The molecule has 0 unspecified atom stereocenters. The van der Waals surface area contributed by atoms with Gasteiger partial charge in [0.15, 0.2) is 5.65 Å². The second kappa shape index (κ2) is 6.23. The fourth-order valence-corrected chi connectivity index (χ4v) is 3.56. The number of β-amino-alcohol motifs (C(OH)–C–C–N with tert-alkyl or cyclic N) is 1. The van der Waals surface area contributed by atoms with Gasteiger partial charge >= 0.3 is 0 Å². The molecule has 0 spiro atoms. The fourth-order valence-electron chi connectivity index (χ4n) is 2.77.